The van der Waals surface area contributed by atoms with Gasteiger partial charge in [-0.2, -0.15) is 0 Å². The van der Waals surface area contributed by atoms with E-state index in [1.807, 2.05) is 80.5 Å². The topological polar surface area (TPSA) is 23.6 Å². The Morgan fingerprint density at radius 2 is 1.16 bits per heavy atom. The van der Waals surface area contributed by atoms with Gasteiger partial charge in [-0.05, 0) is 49.9 Å². The van der Waals surface area contributed by atoms with Crippen molar-refractivity contribution in [3.8, 4) is 0 Å². The van der Waals surface area contributed by atoms with Crippen LogP contribution in [-0.4, -0.2) is 30.6 Å². The van der Waals surface area contributed by atoms with Crippen LogP contribution in [0.5, 0.6) is 0 Å². The van der Waals surface area contributed by atoms with E-state index in [1.54, 1.807) is 0 Å². The van der Waals surface area contributed by atoms with Crippen molar-refractivity contribution in [3.05, 3.63) is 65.2 Å². The molecule has 1 heterocycles. The van der Waals surface area contributed by atoms with Crippen LogP contribution in [0.3, 0.4) is 0 Å². The van der Waals surface area contributed by atoms with Crippen molar-refractivity contribution in [2.24, 2.45) is 0 Å². The number of fused-ring (bicyclic) bond motifs is 1. The van der Waals surface area contributed by atoms with Crippen molar-refractivity contribution in [1.82, 2.24) is 4.90 Å². The minimum atomic E-state index is -0.310. The van der Waals surface area contributed by atoms with Crippen LogP contribution in [0.15, 0.2) is 48.5 Å². The quantitative estimate of drug-likeness (QED) is 0.497. The second-order valence-corrected chi connectivity index (χ2v) is 6.75. The highest BCUT2D eigenvalue weighted by atomic mass is 16.2. The number of carbonyl (C=O) groups is 1. The van der Waals surface area contributed by atoms with Crippen LogP contribution in [0.25, 0.3) is 0 Å². The maximum absolute atomic E-state index is 12.7. The highest BCUT2D eigenvalue weighted by molar-refractivity contribution is 6.02. The number of aryl methyl sites for hydroxylation is 2. The van der Waals surface area contributed by atoms with Crippen LogP contribution in [0.1, 0.15) is 90.7 Å². The molecule has 1 aliphatic rings. The van der Waals surface area contributed by atoms with Gasteiger partial charge in [0.1, 0.15) is 5.66 Å². The average molecular weight is 429 g/mol. The summed E-state index contributed by atoms with van der Waals surface area (Å²) in [6.45, 7) is 20.1. The Morgan fingerprint density at radius 3 is 1.68 bits per heavy atom. The molecule has 176 valence electrons. The van der Waals surface area contributed by atoms with Crippen molar-refractivity contribution < 1.29 is 4.79 Å². The molecule has 31 heavy (non-hydrogen) atoms. The molecule has 3 nitrogen and oxygen atoms in total. The summed E-state index contributed by atoms with van der Waals surface area (Å²) in [5, 5.41) is 0. The molecule has 0 aromatic heterocycles. The SMILES string of the molecule is CC.CC.CC.CC.CN1C(=O)c2cc(CCc3ccccc3)ccc2N(C)C1(C)C. The Hall–Kier alpha value is -2.29. The van der Waals surface area contributed by atoms with Crippen molar-refractivity contribution >= 4 is 11.6 Å². The number of benzene rings is 2. The van der Waals surface area contributed by atoms with Crippen LogP contribution in [0, 0.1) is 0 Å². The molecule has 1 aliphatic heterocycles. The maximum Gasteiger partial charge on any atom is 0.257 e. The molecule has 0 aliphatic carbocycles. The largest absolute Gasteiger partial charge is 0.351 e. The van der Waals surface area contributed by atoms with Gasteiger partial charge >= 0.3 is 0 Å². The fourth-order valence-corrected chi connectivity index (χ4v) is 3.08. The van der Waals surface area contributed by atoms with E-state index in [2.05, 4.69) is 61.2 Å². The number of rotatable bonds is 3. The van der Waals surface area contributed by atoms with Crippen molar-refractivity contribution in [1.29, 1.82) is 0 Å². The Morgan fingerprint density at radius 1 is 0.677 bits per heavy atom. The first-order valence-electron chi connectivity index (χ1n) is 12.1. The normalized spacial score (nSPS) is 13.0. The second-order valence-electron chi connectivity index (χ2n) is 6.75. The van der Waals surface area contributed by atoms with E-state index in [4.69, 9.17) is 0 Å². The molecule has 0 radical (unpaired) electrons. The van der Waals surface area contributed by atoms with E-state index in [1.165, 1.54) is 11.1 Å². The van der Waals surface area contributed by atoms with Gasteiger partial charge in [0.05, 0.1) is 11.3 Å². The van der Waals surface area contributed by atoms with Gasteiger partial charge in [0.25, 0.3) is 5.91 Å². The third-order valence-corrected chi connectivity index (χ3v) is 5.14. The number of carbonyl (C=O) groups excluding carboxylic acids is 1. The fourth-order valence-electron chi connectivity index (χ4n) is 3.08. The number of amides is 1. The summed E-state index contributed by atoms with van der Waals surface area (Å²) in [7, 11) is 3.92. The molecule has 0 atom stereocenters. The molecule has 0 fully saturated rings. The highest BCUT2D eigenvalue weighted by Crippen LogP contribution is 2.35. The van der Waals surface area contributed by atoms with Crippen molar-refractivity contribution in [2.45, 2.75) is 87.7 Å². The smallest absolute Gasteiger partial charge is 0.257 e. The van der Waals surface area contributed by atoms with Crippen LogP contribution < -0.4 is 4.90 Å². The lowest BCUT2D eigenvalue weighted by Crippen LogP contribution is -2.59. The molecular weight excluding hydrogens is 380 g/mol. The van der Waals surface area contributed by atoms with Gasteiger partial charge in [-0.3, -0.25) is 4.79 Å². The fraction of sp³-hybridized carbons (Fsp3) is 0.536. The Labute approximate surface area is 193 Å². The van der Waals surface area contributed by atoms with E-state index in [0.717, 1.165) is 24.1 Å². The number of hydrogen-bond acceptors (Lipinski definition) is 2. The van der Waals surface area contributed by atoms with Crippen LogP contribution in [-0.2, 0) is 12.8 Å². The van der Waals surface area contributed by atoms with Gasteiger partial charge in [-0.25, -0.2) is 0 Å². The predicted molar refractivity (Wildman–Crippen MR) is 140 cm³/mol. The van der Waals surface area contributed by atoms with E-state index in [9.17, 15) is 4.79 Å². The molecule has 0 unspecified atom stereocenters. The van der Waals surface area contributed by atoms with Gasteiger partial charge < -0.3 is 9.80 Å². The van der Waals surface area contributed by atoms with Crippen LogP contribution in [0.2, 0.25) is 0 Å². The number of hydrogen-bond donors (Lipinski definition) is 0. The summed E-state index contributed by atoms with van der Waals surface area (Å²) in [6, 6.07) is 16.8. The molecule has 0 N–H and O–H groups in total. The van der Waals surface area contributed by atoms with Crippen LogP contribution >= 0.6 is 0 Å². The zero-order valence-corrected chi connectivity index (χ0v) is 22.3. The van der Waals surface area contributed by atoms with Crippen LogP contribution in [0.4, 0.5) is 5.69 Å². The third kappa shape index (κ3) is 8.05. The van der Waals surface area contributed by atoms with E-state index in [-0.39, 0.29) is 11.6 Å². The lowest BCUT2D eigenvalue weighted by Gasteiger charge is -2.48. The molecular formula is C28H48N2O. The monoisotopic (exact) mass is 428 g/mol. The Kier molecular flexibility index (Phi) is 16.4. The average Bonchev–Trinajstić information content (AvgIpc) is 2.86. The first kappa shape index (κ1) is 30.9. The summed E-state index contributed by atoms with van der Waals surface area (Å²) in [5.41, 5.74) is 4.05. The summed E-state index contributed by atoms with van der Waals surface area (Å²) in [6.07, 6.45) is 1.94. The maximum atomic E-state index is 12.7. The standard InChI is InChI=1S/C20H24N2O.4C2H6/c1-20(2)21(3)18-13-12-16(14-17(18)19(23)22(20)4)11-10-15-8-6-5-7-9-15;4*1-2/h5-9,12-14H,10-11H2,1-4H3;4*1-2H3. The van der Waals surface area contributed by atoms with Gasteiger partial charge in [-0.1, -0.05) is 91.8 Å². The molecule has 0 bridgehead atoms. The number of nitrogens with zero attached hydrogens (tertiary/aromatic N) is 2. The third-order valence-electron chi connectivity index (χ3n) is 5.14. The van der Waals surface area contributed by atoms with Gasteiger partial charge in [-0.15, -0.1) is 0 Å². The van der Waals surface area contributed by atoms with E-state index < -0.39 is 0 Å². The minimum absolute atomic E-state index is 0.102. The summed E-state index contributed by atoms with van der Waals surface area (Å²) >= 11 is 0. The zero-order valence-electron chi connectivity index (χ0n) is 22.3. The first-order chi connectivity index (χ1) is 14.9. The molecule has 3 rings (SSSR count). The second kappa shape index (κ2) is 16.4. The summed E-state index contributed by atoms with van der Waals surface area (Å²) in [4.78, 5) is 16.7. The highest BCUT2D eigenvalue weighted by Gasteiger charge is 2.39. The van der Waals surface area contributed by atoms with E-state index >= 15 is 0 Å². The molecule has 2 aromatic rings. The lowest BCUT2D eigenvalue weighted by atomic mass is 9.96. The predicted octanol–water partition coefficient (Wildman–Crippen LogP) is 7.83. The molecule has 0 saturated heterocycles. The molecule has 0 spiro atoms. The minimum Gasteiger partial charge on any atom is -0.351 e. The molecule has 0 saturated carbocycles. The van der Waals surface area contributed by atoms with E-state index in [0.29, 0.717) is 0 Å². The van der Waals surface area contributed by atoms with Crippen molar-refractivity contribution in [2.75, 3.05) is 19.0 Å². The van der Waals surface area contributed by atoms with Gasteiger partial charge in [0.2, 0.25) is 0 Å². The molecule has 2 aromatic carbocycles. The summed E-state index contributed by atoms with van der Waals surface area (Å²) < 4.78 is 0. The number of anilines is 1. The van der Waals surface area contributed by atoms with Gasteiger partial charge in [0, 0.05) is 14.1 Å². The zero-order chi connectivity index (χ0) is 24.6. The first-order valence-corrected chi connectivity index (χ1v) is 12.1. The molecule has 3 heteroatoms. The Bertz CT molecular complexity index is 723. The van der Waals surface area contributed by atoms with Gasteiger partial charge in [0.15, 0.2) is 0 Å². The molecule has 1 amide bonds. The lowest BCUT2D eigenvalue weighted by molar-refractivity contribution is 0.0600. The van der Waals surface area contributed by atoms with Crippen molar-refractivity contribution in [3.63, 3.8) is 0 Å². The summed E-state index contributed by atoms with van der Waals surface area (Å²) in [5.74, 6) is 0.102. The Balaban J connectivity index is 0.